The molecule has 8 nitrogen and oxygen atoms in total. The molecule has 93 heavy (non-hydrogen) atoms. The van der Waals surface area contributed by atoms with Gasteiger partial charge in [-0.25, -0.2) is 0 Å². The van der Waals surface area contributed by atoms with Crippen LogP contribution in [0, 0.1) is 0 Å². The minimum absolute atomic E-state index is 0.245. The van der Waals surface area contributed by atoms with Crippen molar-refractivity contribution < 1.29 is 9.47 Å². The van der Waals surface area contributed by atoms with Crippen molar-refractivity contribution in [2.75, 3.05) is 19.6 Å². The third kappa shape index (κ3) is 7.56. The maximum Gasteiger partial charge on any atom is 0.252 e. The van der Waals surface area contributed by atoms with Crippen LogP contribution in [0.5, 0.6) is 23.0 Å². The molecule has 2 aromatic heterocycles. The van der Waals surface area contributed by atoms with Gasteiger partial charge in [0.2, 0.25) is 0 Å². The first-order valence-corrected chi connectivity index (χ1v) is 31.8. The summed E-state index contributed by atoms with van der Waals surface area (Å²) in [6.45, 7) is -0.245. The van der Waals surface area contributed by atoms with Crippen LogP contribution >= 0.6 is 0 Å². The van der Waals surface area contributed by atoms with Crippen molar-refractivity contribution >= 4 is 135 Å². The molecule has 6 heterocycles. The number of benzene rings is 14. The second kappa shape index (κ2) is 20.0. The normalized spacial score (nSPS) is 13.2. The van der Waals surface area contributed by atoms with Gasteiger partial charge in [0.25, 0.3) is 6.71 Å². The molecule has 0 spiro atoms. The Labute approximate surface area is 537 Å². The molecule has 0 N–H and O–H groups in total. The van der Waals surface area contributed by atoms with Crippen LogP contribution in [0.4, 0.5) is 68.2 Å². The van der Waals surface area contributed by atoms with Crippen molar-refractivity contribution in [2.24, 2.45) is 0 Å². The van der Waals surface area contributed by atoms with Crippen LogP contribution in [0.2, 0.25) is 0 Å². The Hall–Kier alpha value is -12.5. The first-order chi connectivity index (χ1) is 46.2. The van der Waals surface area contributed by atoms with Crippen LogP contribution in [-0.2, 0) is 0 Å². The molecule has 0 atom stereocenters. The van der Waals surface area contributed by atoms with Gasteiger partial charge in [-0.2, -0.15) is 0 Å². The SMILES string of the molecule is c1ccc(-c2cc3c4c(c2)N(c2ccccc2N2c5ccccc5Oc5ccccc52)c2cc(-n5c6ccccc6c6ccccc65)ccc2B4c2ccc(-n4c5ccccc5c5ccccc54)cc2N3c2ccccc2N2c3ccccc3Oc3ccccc32)cc1. The van der Waals surface area contributed by atoms with Crippen molar-refractivity contribution in [3.8, 4) is 45.5 Å². The number of aromatic nitrogens is 2. The molecule has 4 aliphatic heterocycles. The Kier molecular flexibility index (Phi) is 11.1. The summed E-state index contributed by atoms with van der Waals surface area (Å²) in [6, 6.07) is 117. The van der Waals surface area contributed by atoms with Crippen molar-refractivity contribution in [1.82, 2.24) is 9.13 Å². The number of rotatable bonds is 7. The van der Waals surface area contributed by atoms with Crippen LogP contribution in [0.1, 0.15) is 0 Å². The zero-order chi connectivity index (χ0) is 60.8. The fraction of sp³-hybridized carbons (Fsp3) is 0. The van der Waals surface area contributed by atoms with Gasteiger partial charge in [0.15, 0.2) is 23.0 Å². The van der Waals surface area contributed by atoms with Crippen molar-refractivity contribution in [1.29, 1.82) is 0 Å². The van der Waals surface area contributed by atoms with E-state index in [0.29, 0.717) is 0 Å². The fourth-order valence-corrected chi connectivity index (χ4v) is 15.6. The Morgan fingerprint density at radius 3 is 0.860 bits per heavy atom. The van der Waals surface area contributed by atoms with Gasteiger partial charge in [0.1, 0.15) is 0 Å². The lowest BCUT2D eigenvalue weighted by molar-refractivity contribution is 0.477. The second-order valence-electron chi connectivity index (χ2n) is 24.3. The quantitative estimate of drug-likeness (QED) is 0.148. The van der Waals surface area contributed by atoms with Crippen LogP contribution in [0.25, 0.3) is 66.1 Å². The lowest BCUT2D eigenvalue weighted by atomic mass is 9.33. The number of para-hydroxylation sites is 16. The highest BCUT2D eigenvalue weighted by molar-refractivity contribution is 7.00. The molecule has 20 rings (SSSR count). The smallest absolute Gasteiger partial charge is 0.252 e. The van der Waals surface area contributed by atoms with Gasteiger partial charge in [-0.3, -0.25) is 0 Å². The summed E-state index contributed by atoms with van der Waals surface area (Å²) >= 11 is 0. The number of hydrogen-bond acceptors (Lipinski definition) is 6. The first-order valence-electron chi connectivity index (χ1n) is 31.8. The molecule has 0 unspecified atom stereocenters. The molecule has 16 aromatic rings. The molecular weight excluding hydrogens is 1140 g/mol. The third-order valence-corrected chi connectivity index (χ3v) is 19.4. The molecule has 434 valence electrons. The van der Waals surface area contributed by atoms with Crippen molar-refractivity contribution in [3.63, 3.8) is 0 Å². The molecular formula is C84H53BN6O2. The molecule has 0 aliphatic carbocycles. The van der Waals surface area contributed by atoms with E-state index in [9.17, 15) is 0 Å². The van der Waals surface area contributed by atoms with Crippen LogP contribution in [0.3, 0.4) is 0 Å². The third-order valence-electron chi connectivity index (χ3n) is 19.4. The summed E-state index contributed by atoms with van der Waals surface area (Å²) in [5.41, 5.74) is 24.7. The van der Waals surface area contributed by atoms with Crippen LogP contribution < -0.4 is 45.5 Å². The van der Waals surface area contributed by atoms with Gasteiger partial charge < -0.3 is 38.2 Å². The summed E-state index contributed by atoms with van der Waals surface area (Å²) in [7, 11) is 0. The van der Waals surface area contributed by atoms with Crippen LogP contribution in [-0.4, -0.2) is 15.8 Å². The van der Waals surface area contributed by atoms with Gasteiger partial charge in [-0.15, -0.1) is 0 Å². The standard InChI is InChI=1S/C84H53BN6O2/c1-2-24-54(25-3-1)55-50-78-84-79(51-55)91(71-37-15-13-35-69(71)89-74-40-18-22-44-82(74)93-83-45-23-19-41-75(83)89)77-53-57(87-66-32-10-6-28-60(66)61-29-7-11-33-67(61)87)47-49-63(77)85(84)62-48-46-56(86-64-30-8-4-26-58(64)59-27-5-9-31-65(59)86)52-76(62)90(78)70-36-14-12-34-68(70)88-72-38-16-20-42-80(72)92-81-43-21-17-39-73(81)88/h1-53H. The highest BCUT2D eigenvalue weighted by Gasteiger charge is 2.46. The predicted molar refractivity (Wildman–Crippen MR) is 384 cm³/mol. The van der Waals surface area contributed by atoms with Crippen molar-refractivity contribution in [3.05, 3.63) is 322 Å². The van der Waals surface area contributed by atoms with Gasteiger partial charge in [-0.1, -0.05) is 188 Å². The maximum atomic E-state index is 6.75. The first kappa shape index (κ1) is 51.4. The number of fused-ring (bicyclic) bond motifs is 14. The summed E-state index contributed by atoms with van der Waals surface area (Å²) in [5.74, 6) is 3.16. The lowest BCUT2D eigenvalue weighted by Crippen LogP contribution is -2.61. The number of anilines is 12. The molecule has 0 radical (unpaired) electrons. The summed E-state index contributed by atoms with van der Waals surface area (Å²) in [5, 5.41) is 4.85. The Morgan fingerprint density at radius 1 is 0.215 bits per heavy atom. The molecule has 0 bridgehead atoms. The highest BCUT2D eigenvalue weighted by Crippen LogP contribution is 2.58. The number of ether oxygens (including phenoxy) is 2. The predicted octanol–water partition coefficient (Wildman–Crippen LogP) is 20.8. The molecule has 4 aliphatic rings. The second-order valence-corrected chi connectivity index (χ2v) is 24.3. The average molecular weight is 1190 g/mol. The van der Waals surface area contributed by atoms with E-state index in [2.05, 4.69) is 350 Å². The molecule has 0 fully saturated rings. The van der Waals surface area contributed by atoms with Crippen LogP contribution in [0.15, 0.2) is 322 Å². The molecule has 0 amide bonds. The van der Waals surface area contributed by atoms with Gasteiger partial charge in [0.05, 0.1) is 67.6 Å². The Morgan fingerprint density at radius 2 is 0.505 bits per heavy atom. The highest BCUT2D eigenvalue weighted by atomic mass is 16.5. The van der Waals surface area contributed by atoms with E-state index in [0.717, 1.165) is 136 Å². The summed E-state index contributed by atoms with van der Waals surface area (Å²) < 4.78 is 18.4. The largest absolute Gasteiger partial charge is 0.453 e. The van der Waals surface area contributed by atoms with E-state index >= 15 is 0 Å². The monoisotopic (exact) mass is 1190 g/mol. The average Bonchev–Trinajstić information content (AvgIpc) is 1.45. The Balaban J connectivity index is 0.921. The van der Waals surface area contributed by atoms with Gasteiger partial charge in [-0.05, 0) is 161 Å². The van der Waals surface area contributed by atoms with Gasteiger partial charge >= 0.3 is 0 Å². The van der Waals surface area contributed by atoms with E-state index < -0.39 is 0 Å². The Bertz CT molecular complexity index is 5270. The summed E-state index contributed by atoms with van der Waals surface area (Å²) in [6.07, 6.45) is 0. The summed E-state index contributed by atoms with van der Waals surface area (Å²) in [4.78, 5) is 9.96. The maximum absolute atomic E-state index is 6.75. The van der Waals surface area contributed by atoms with Crippen molar-refractivity contribution in [2.45, 2.75) is 0 Å². The minimum Gasteiger partial charge on any atom is -0.453 e. The van der Waals surface area contributed by atoms with E-state index in [1.54, 1.807) is 0 Å². The topological polar surface area (TPSA) is 41.3 Å². The van der Waals surface area contributed by atoms with E-state index in [1.807, 2.05) is 0 Å². The lowest BCUT2D eigenvalue weighted by Gasteiger charge is -2.46. The molecule has 0 saturated heterocycles. The zero-order valence-corrected chi connectivity index (χ0v) is 50.2. The van der Waals surface area contributed by atoms with E-state index in [4.69, 9.17) is 9.47 Å². The van der Waals surface area contributed by atoms with E-state index in [-0.39, 0.29) is 6.71 Å². The fourth-order valence-electron chi connectivity index (χ4n) is 15.6. The number of nitrogens with zero attached hydrogens (tertiary/aromatic N) is 6. The minimum atomic E-state index is -0.245. The number of hydrogen-bond donors (Lipinski definition) is 0. The zero-order valence-electron chi connectivity index (χ0n) is 50.2. The van der Waals surface area contributed by atoms with Gasteiger partial charge in [0, 0.05) is 55.7 Å². The molecule has 14 aromatic carbocycles. The molecule has 0 saturated carbocycles. The van der Waals surface area contributed by atoms with E-state index in [1.165, 1.54) is 37.9 Å². The molecule has 9 heteroatoms.